The van der Waals surface area contributed by atoms with Gasteiger partial charge in [-0.05, 0) is 52.4 Å². The summed E-state index contributed by atoms with van der Waals surface area (Å²) in [6.45, 7) is 7.30. The third-order valence-corrected chi connectivity index (χ3v) is 12.1. The molecule has 5 aromatic rings. The molecule has 251 valence electrons. The van der Waals surface area contributed by atoms with Crippen LogP contribution in [0.25, 0.3) is 33.6 Å². The fraction of sp³-hybridized carbons (Fsp3) is 0.364. The molecule has 7 rings (SSSR count). The van der Waals surface area contributed by atoms with Crippen molar-refractivity contribution in [1.82, 2.24) is 9.97 Å². The number of nitrogens with zero attached hydrogens (tertiary/aromatic N) is 2. The second kappa shape index (κ2) is 17.5. The topological polar surface area (TPSA) is 25.8 Å². The van der Waals surface area contributed by atoms with E-state index in [-0.39, 0.29) is 20.1 Å². The van der Waals surface area contributed by atoms with Crippen molar-refractivity contribution in [2.45, 2.75) is 90.3 Å². The predicted molar refractivity (Wildman–Crippen MR) is 201 cm³/mol. The maximum Gasteiger partial charge on any atom is 0.0798 e. The Morgan fingerprint density at radius 3 is 1.65 bits per heavy atom. The van der Waals surface area contributed by atoms with Gasteiger partial charge < -0.3 is 9.97 Å². The van der Waals surface area contributed by atoms with Crippen LogP contribution >= 0.6 is 0 Å². The second-order valence-electron chi connectivity index (χ2n) is 14.7. The molecule has 2 saturated carbocycles. The van der Waals surface area contributed by atoms with Gasteiger partial charge in [-0.2, -0.15) is 0 Å². The molecule has 0 amide bonds. The van der Waals surface area contributed by atoms with E-state index in [1.165, 1.54) is 80.9 Å². The Kier molecular flexibility index (Phi) is 13.1. The zero-order chi connectivity index (χ0) is 32.5. The maximum absolute atomic E-state index is 4.77. The monoisotopic (exact) mass is 827 g/mol. The third-order valence-electron chi connectivity index (χ3n) is 10.1. The first-order chi connectivity index (χ1) is 22.9. The van der Waals surface area contributed by atoms with Gasteiger partial charge in [-0.1, -0.05) is 125 Å². The summed E-state index contributed by atoms with van der Waals surface area (Å²) < 4.78 is 0. The first kappa shape index (κ1) is 36.1. The fourth-order valence-corrected chi connectivity index (χ4v) is 9.10. The fourth-order valence-electron chi connectivity index (χ4n) is 7.51. The van der Waals surface area contributed by atoms with Crippen LogP contribution in [0.15, 0.2) is 103 Å². The molecular formula is C44H50IrN2Si-2. The number of rotatable bonds is 8. The van der Waals surface area contributed by atoms with Crippen LogP contribution in [0.1, 0.15) is 68.9 Å². The summed E-state index contributed by atoms with van der Waals surface area (Å²) in [4.78, 5) is 9.50. The van der Waals surface area contributed by atoms with Gasteiger partial charge in [0.05, 0.1) is 8.07 Å². The molecule has 2 fully saturated rings. The van der Waals surface area contributed by atoms with Crippen molar-refractivity contribution in [2.24, 2.45) is 11.8 Å². The van der Waals surface area contributed by atoms with Gasteiger partial charge in [0.25, 0.3) is 0 Å². The van der Waals surface area contributed by atoms with Crippen LogP contribution in [0.3, 0.4) is 0 Å². The Bertz CT molecular complexity index is 1690. The van der Waals surface area contributed by atoms with Crippen molar-refractivity contribution in [3.05, 3.63) is 127 Å². The van der Waals surface area contributed by atoms with E-state index < -0.39 is 8.07 Å². The molecule has 2 aliphatic rings. The molecule has 3 aromatic carbocycles. The molecule has 0 saturated heterocycles. The molecule has 0 unspecified atom stereocenters. The summed E-state index contributed by atoms with van der Waals surface area (Å²) in [5.41, 5.74) is 9.82. The van der Waals surface area contributed by atoms with Crippen molar-refractivity contribution in [1.29, 1.82) is 0 Å². The molecule has 48 heavy (non-hydrogen) atoms. The molecule has 0 bridgehead atoms. The van der Waals surface area contributed by atoms with Crippen LogP contribution in [-0.4, -0.2) is 18.0 Å². The van der Waals surface area contributed by atoms with Crippen molar-refractivity contribution in [3.63, 3.8) is 0 Å². The SMILES string of the molecule is C[Si](C)(C)c1cnc(-c2[c-]cccc2)cc1CC1CCCCC1.[Ir].[c-]1ccccc1-c1cc(CC2CCCC2)c(-c2ccccc2)cn1. The Labute approximate surface area is 304 Å². The smallest absolute Gasteiger partial charge is 0.0798 e. The summed E-state index contributed by atoms with van der Waals surface area (Å²) in [6.07, 6.45) is 19.2. The molecule has 2 nitrogen and oxygen atoms in total. The van der Waals surface area contributed by atoms with Gasteiger partial charge in [0.15, 0.2) is 0 Å². The Morgan fingerprint density at radius 1 is 0.604 bits per heavy atom. The van der Waals surface area contributed by atoms with Gasteiger partial charge >= 0.3 is 0 Å². The van der Waals surface area contributed by atoms with Crippen LogP contribution in [0, 0.1) is 24.0 Å². The van der Waals surface area contributed by atoms with Gasteiger partial charge in [0.2, 0.25) is 0 Å². The van der Waals surface area contributed by atoms with E-state index >= 15 is 0 Å². The quantitative estimate of drug-likeness (QED) is 0.115. The van der Waals surface area contributed by atoms with E-state index in [2.05, 4.69) is 111 Å². The van der Waals surface area contributed by atoms with E-state index in [0.29, 0.717) is 0 Å². The number of pyridine rings is 2. The van der Waals surface area contributed by atoms with E-state index in [0.717, 1.165) is 40.8 Å². The van der Waals surface area contributed by atoms with Crippen LogP contribution < -0.4 is 5.19 Å². The predicted octanol–water partition coefficient (Wildman–Crippen LogP) is 11.2. The van der Waals surface area contributed by atoms with Gasteiger partial charge in [-0.25, -0.2) is 0 Å². The molecule has 1 radical (unpaired) electrons. The zero-order valence-electron chi connectivity index (χ0n) is 29.0. The van der Waals surface area contributed by atoms with E-state index in [4.69, 9.17) is 9.97 Å². The van der Waals surface area contributed by atoms with Gasteiger partial charge in [0.1, 0.15) is 0 Å². The van der Waals surface area contributed by atoms with Gasteiger partial charge in [-0.3, -0.25) is 0 Å². The summed E-state index contributed by atoms with van der Waals surface area (Å²) in [5, 5.41) is 1.54. The van der Waals surface area contributed by atoms with E-state index in [9.17, 15) is 0 Å². The number of hydrogen-bond donors (Lipinski definition) is 0. The minimum atomic E-state index is -1.36. The summed E-state index contributed by atoms with van der Waals surface area (Å²) in [5.74, 6) is 1.69. The van der Waals surface area contributed by atoms with Crippen molar-refractivity contribution in [2.75, 3.05) is 0 Å². The largest absolute Gasteiger partial charge is 0.305 e. The van der Waals surface area contributed by atoms with E-state index in [1.807, 2.05) is 24.3 Å². The second-order valence-corrected chi connectivity index (χ2v) is 19.7. The summed E-state index contributed by atoms with van der Waals surface area (Å²) >= 11 is 0. The number of benzene rings is 3. The van der Waals surface area contributed by atoms with Crippen LogP contribution in [0.2, 0.25) is 19.6 Å². The maximum atomic E-state index is 4.77. The molecule has 4 heteroatoms. The molecular weight excluding hydrogens is 777 g/mol. The first-order valence-electron chi connectivity index (χ1n) is 17.9. The molecule has 0 atom stereocenters. The molecule has 2 heterocycles. The van der Waals surface area contributed by atoms with Crippen molar-refractivity contribution >= 4 is 13.3 Å². The molecule has 2 aliphatic carbocycles. The van der Waals surface area contributed by atoms with Crippen LogP contribution in [-0.2, 0) is 32.9 Å². The average molecular weight is 827 g/mol. The number of hydrogen-bond acceptors (Lipinski definition) is 2. The number of aromatic nitrogens is 2. The molecule has 0 N–H and O–H groups in total. The Hall–Kier alpha value is -3.17. The minimum absolute atomic E-state index is 0. The van der Waals surface area contributed by atoms with Crippen molar-refractivity contribution < 1.29 is 20.1 Å². The molecule has 0 aliphatic heterocycles. The standard InChI is InChI=1S/C23H22N.C21H28NSi.Ir/c1-3-11-19(12-4-1)22-17-24-23(20-13-5-2-6-14-20)16-21(22)15-18-9-7-8-10-18;1-23(2,3)21-16-22-20(18-12-8-5-9-13-18)15-19(21)14-17-10-6-4-7-11-17;/h1-6,11-13,16-18H,7-10,15H2;5,8-9,12,15-17H,4,6-7,10-11,14H2,1-3H3;/q2*-1;. The molecule has 2 aromatic heterocycles. The van der Waals surface area contributed by atoms with Crippen LogP contribution in [0.4, 0.5) is 0 Å². The van der Waals surface area contributed by atoms with Gasteiger partial charge in [-0.15, -0.1) is 71.8 Å². The minimum Gasteiger partial charge on any atom is -0.305 e. The zero-order valence-corrected chi connectivity index (χ0v) is 32.4. The van der Waals surface area contributed by atoms with Crippen LogP contribution in [0.5, 0.6) is 0 Å². The Morgan fingerprint density at radius 2 is 1.10 bits per heavy atom. The third kappa shape index (κ3) is 9.71. The molecule has 0 spiro atoms. The average Bonchev–Trinajstić information content (AvgIpc) is 3.63. The summed E-state index contributed by atoms with van der Waals surface area (Å²) in [7, 11) is -1.36. The summed E-state index contributed by atoms with van der Waals surface area (Å²) in [6, 6.07) is 38.2. The van der Waals surface area contributed by atoms with Crippen molar-refractivity contribution in [3.8, 4) is 33.6 Å². The normalized spacial score (nSPS) is 15.3. The van der Waals surface area contributed by atoms with E-state index in [1.54, 1.807) is 10.8 Å². The van der Waals surface area contributed by atoms with Gasteiger partial charge in [0, 0.05) is 38.1 Å². The first-order valence-corrected chi connectivity index (χ1v) is 21.4. The Balaban J connectivity index is 0.000000184.